The Morgan fingerprint density at radius 2 is 1.79 bits per heavy atom. The lowest BCUT2D eigenvalue weighted by atomic mass is 10.2. The number of hydrogen-bond donors (Lipinski definition) is 1. The number of rotatable bonds is 6. The average Bonchev–Trinajstić information content (AvgIpc) is 3.02. The van der Waals surface area contributed by atoms with E-state index in [4.69, 9.17) is 4.74 Å². The zero-order valence-electron chi connectivity index (χ0n) is 16.5. The molecule has 0 saturated carbocycles. The highest BCUT2D eigenvalue weighted by molar-refractivity contribution is 5.94. The number of amides is 1. The molecule has 1 N–H and O–H groups in total. The molecule has 0 fully saturated rings. The second-order valence-corrected chi connectivity index (χ2v) is 6.36. The molecule has 0 spiro atoms. The van der Waals surface area contributed by atoms with E-state index >= 15 is 0 Å². The first-order valence-electron chi connectivity index (χ1n) is 9.21. The highest BCUT2D eigenvalue weighted by atomic mass is 16.5. The Bertz CT molecular complexity index is 1040. The van der Waals surface area contributed by atoms with Crippen molar-refractivity contribution >= 4 is 18.1 Å². The fourth-order valence-corrected chi connectivity index (χ4v) is 3.00. The molecule has 7 heteroatoms. The Morgan fingerprint density at radius 3 is 2.45 bits per heavy atom. The molecule has 2 heterocycles. The topological polar surface area (TPSA) is 85.6 Å². The van der Waals surface area contributed by atoms with Crippen molar-refractivity contribution in [2.75, 3.05) is 6.61 Å². The normalized spacial score (nSPS) is 10.9. The zero-order valence-corrected chi connectivity index (χ0v) is 16.5. The predicted octanol–water partition coefficient (Wildman–Crippen LogP) is 3.43. The molecule has 3 aromatic rings. The van der Waals surface area contributed by atoms with Crippen LogP contribution < -0.4 is 5.43 Å². The van der Waals surface area contributed by atoms with E-state index in [-0.39, 0.29) is 11.9 Å². The number of ether oxygens (including phenoxy) is 1. The second kappa shape index (κ2) is 8.97. The summed E-state index contributed by atoms with van der Waals surface area (Å²) >= 11 is 0. The van der Waals surface area contributed by atoms with Crippen LogP contribution in [0.25, 0.3) is 5.69 Å². The van der Waals surface area contributed by atoms with Crippen LogP contribution in [-0.4, -0.2) is 34.2 Å². The summed E-state index contributed by atoms with van der Waals surface area (Å²) < 4.78 is 7.08. The van der Waals surface area contributed by atoms with Crippen molar-refractivity contribution in [2.45, 2.75) is 20.8 Å². The van der Waals surface area contributed by atoms with E-state index in [0.29, 0.717) is 17.7 Å². The summed E-state index contributed by atoms with van der Waals surface area (Å²) in [6.45, 7) is 6.08. The first kappa shape index (κ1) is 20.0. The van der Waals surface area contributed by atoms with Crippen molar-refractivity contribution in [3.05, 3.63) is 82.9 Å². The molecule has 1 amide bonds. The quantitative estimate of drug-likeness (QED) is 0.397. The van der Waals surface area contributed by atoms with Gasteiger partial charge in [-0.3, -0.25) is 9.78 Å². The van der Waals surface area contributed by atoms with Crippen molar-refractivity contribution in [1.82, 2.24) is 15.0 Å². The monoisotopic (exact) mass is 390 g/mol. The highest BCUT2D eigenvalue weighted by Crippen LogP contribution is 2.20. The number of pyridine rings is 1. The predicted molar refractivity (Wildman–Crippen MR) is 110 cm³/mol. The zero-order chi connectivity index (χ0) is 20.8. The first-order valence-corrected chi connectivity index (χ1v) is 9.21. The lowest BCUT2D eigenvalue weighted by molar-refractivity contribution is 0.0526. The molecular weight excluding hydrogens is 368 g/mol. The number of hydrazone groups is 1. The minimum atomic E-state index is -0.335. The van der Waals surface area contributed by atoms with E-state index in [1.165, 1.54) is 0 Å². The van der Waals surface area contributed by atoms with Gasteiger partial charge in [0.1, 0.15) is 0 Å². The van der Waals surface area contributed by atoms with E-state index < -0.39 is 0 Å². The van der Waals surface area contributed by atoms with Gasteiger partial charge in [0.15, 0.2) is 0 Å². The molecule has 29 heavy (non-hydrogen) atoms. The fourth-order valence-electron chi connectivity index (χ4n) is 3.00. The molecule has 3 rings (SSSR count). The number of carbonyl (C=O) groups excluding carboxylic acids is 2. The molecule has 148 valence electrons. The van der Waals surface area contributed by atoms with Crippen LogP contribution in [0.5, 0.6) is 0 Å². The smallest absolute Gasteiger partial charge is 0.338 e. The SMILES string of the molecule is CCOC(=O)c1ccc(-n2c(C)cc(/C=N\NC(=O)c3ccncc3)c2C)cc1. The van der Waals surface area contributed by atoms with Crippen LogP contribution in [0.4, 0.5) is 0 Å². The average molecular weight is 390 g/mol. The maximum Gasteiger partial charge on any atom is 0.338 e. The number of hydrogen-bond acceptors (Lipinski definition) is 5. The third-order valence-corrected chi connectivity index (χ3v) is 4.42. The molecule has 0 unspecified atom stereocenters. The second-order valence-electron chi connectivity index (χ2n) is 6.36. The molecule has 0 radical (unpaired) electrons. The number of benzene rings is 1. The van der Waals surface area contributed by atoms with Gasteiger partial charge in [-0.1, -0.05) is 0 Å². The van der Waals surface area contributed by atoms with Crippen LogP contribution in [0.1, 0.15) is 44.6 Å². The fraction of sp³-hybridized carbons (Fsp3) is 0.182. The van der Waals surface area contributed by atoms with Crippen molar-refractivity contribution in [1.29, 1.82) is 0 Å². The molecule has 0 aliphatic rings. The molecule has 0 aliphatic carbocycles. The Kier molecular flexibility index (Phi) is 6.19. The number of nitrogens with one attached hydrogen (secondary N) is 1. The minimum absolute atomic E-state index is 0.299. The van der Waals surface area contributed by atoms with Gasteiger partial charge < -0.3 is 9.30 Å². The maximum absolute atomic E-state index is 12.1. The van der Waals surface area contributed by atoms with Gasteiger partial charge in [-0.15, -0.1) is 0 Å². The number of aryl methyl sites for hydroxylation is 1. The third kappa shape index (κ3) is 4.57. The van der Waals surface area contributed by atoms with E-state index in [1.54, 1.807) is 49.8 Å². The number of nitrogens with zero attached hydrogens (tertiary/aromatic N) is 3. The van der Waals surface area contributed by atoms with Crippen molar-refractivity contribution in [3.8, 4) is 5.69 Å². The van der Waals surface area contributed by atoms with E-state index in [1.807, 2.05) is 32.0 Å². The lowest BCUT2D eigenvalue weighted by Gasteiger charge is -2.10. The molecule has 1 aromatic carbocycles. The molecule has 0 saturated heterocycles. The third-order valence-electron chi connectivity index (χ3n) is 4.42. The van der Waals surface area contributed by atoms with Gasteiger partial charge in [0.2, 0.25) is 0 Å². The Hall–Kier alpha value is -3.74. The summed E-state index contributed by atoms with van der Waals surface area (Å²) in [5, 5.41) is 4.07. The lowest BCUT2D eigenvalue weighted by Crippen LogP contribution is -2.17. The summed E-state index contributed by atoms with van der Waals surface area (Å²) in [7, 11) is 0. The molecular formula is C22H22N4O3. The van der Waals surface area contributed by atoms with Crippen molar-refractivity contribution in [3.63, 3.8) is 0 Å². The number of aromatic nitrogens is 2. The summed E-state index contributed by atoms with van der Waals surface area (Å²) in [6.07, 6.45) is 4.73. The Balaban J connectivity index is 1.76. The van der Waals surface area contributed by atoms with Crippen LogP contribution in [0.15, 0.2) is 60.0 Å². The van der Waals surface area contributed by atoms with Gasteiger partial charge in [0.05, 0.1) is 18.4 Å². The van der Waals surface area contributed by atoms with Gasteiger partial charge in [-0.05, 0) is 63.2 Å². The summed E-state index contributed by atoms with van der Waals surface area (Å²) in [4.78, 5) is 27.8. The summed E-state index contributed by atoms with van der Waals surface area (Å²) in [5.41, 5.74) is 7.30. The Morgan fingerprint density at radius 1 is 1.10 bits per heavy atom. The molecule has 0 bridgehead atoms. The Labute approximate surface area is 169 Å². The van der Waals surface area contributed by atoms with Gasteiger partial charge in [-0.2, -0.15) is 5.10 Å². The maximum atomic E-state index is 12.1. The summed E-state index contributed by atoms with van der Waals surface area (Å²) in [5.74, 6) is -0.634. The largest absolute Gasteiger partial charge is 0.462 e. The first-order chi connectivity index (χ1) is 14.0. The van der Waals surface area contributed by atoms with Crippen LogP contribution >= 0.6 is 0 Å². The van der Waals surface area contributed by atoms with Crippen molar-refractivity contribution in [2.24, 2.45) is 5.10 Å². The van der Waals surface area contributed by atoms with Gasteiger partial charge in [0.25, 0.3) is 5.91 Å². The van der Waals surface area contributed by atoms with E-state index in [0.717, 1.165) is 22.6 Å². The number of esters is 1. The number of carbonyl (C=O) groups is 2. The minimum Gasteiger partial charge on any atom is -0.462 e. The highest BCUT2D eigenvalue weighted by Gasteiger charge is 2.11. The van der Waals surface area contributed by atoms with Crippen LogP contribution in [0.3, 0.4) is 0 Å². The van der Waals surface area contributed by atoms with E-state index in [2.05, 4.69) is 20.1 Å². The van der Waals surface area contributed by atoms with Gasteiger partial charge >= 0.3 is 5.97 Å². The standard InChI is InChI=1S/C22H22N4O3/c1-4-29-22(28)18-5-7-20(8-6-18)26-15(2)13-19(16(26)3)14-24-25-21(27)17-9-11-23-12-10-17/h5-14H,4H2,1-3H3,(H,25,27)/b24-14-. The molecule has 2 aromatic heterocycles. The summed E-state index contributed by atoms with van der Waals surface area (Å²) in [6, 6.07) is 12.5. The molecule has 0 aliphatic heterocycles. The van der Waals surface area contributed by atoms with E-state index in [9.17, 15) is 9.59 Å². The van der Waals surface area contributed by atoms with Crippen LogP contribution in [0.2, 0.25) is 0 Å². The van der Waals surface area contributed by atoms with Crippen molar-refractivity contribution < 1.29 is 14.3 Å². The van der Waals surface area contributed by atoms with Crippen LogP contribution in [-0.2, 0) is 4.74 Å². The van der Waals surface area contributed by atoms with Gasteiger partial charge in [0, 0.05) is 40.6 Å². The van der Waals surface area contributed by atoms with Crippen LogP contribution in [0, 0.1) is 13.8 Å². The molecule has 0 atom stereocenters. The molecule has 7 nitrogen and oxygen atoms in total. The van der Waals surface area contributed by atoms with Gasteiger partial charge in [-0.25, -0.2) is 10.2 Å².